The Balaban J connectivity index is 1.74. The van der Waals surface area contributed by atoms with E-state index in [0.29, 0.717) is 30.8 Å². The van der Waals surface area contributed by atoms with Crippen molar-refractivity contribution < 1.29 is 19.8 Å². The maximum absolute atomic E-state index is 12.7. The van der Waals surface area contributed by atoms with Crippen LogP contribution in [-0.4, -0.2) is 56.4 Å². The molecule has 2 aromatic rings. The molecule has 1 fully saturated rings. The molecule has 3 rings (SSSR count). The number of carboxylic acids is 1. The van der Waals surface area contributed by atoms with E-state index in [1.54, 1.807) is 17.4 Å². The van der Waals surface area contributed by atoms with Crippen LogP contribution < -0.4 is 0 Å². The average Bonchev–Trinajstić information content (AvgIpc) is 3.27. The Morgan fingerprint density at radius 1 is 1.52 bits per heavy atom. The Morgan fingerprint density at radius 3 is 2.92 bits per heavy atom. The van der Waals surface area contributed by atoms with Crippen molar-refractivity contribution in [2.75, 3.05) is 13.1 Å². The minimum atomic E-state index is -1.17. The summed E-state index contributed by atoms with van der Waals surface area (Å²) in [5.74, 6) is -1.27. The van der Waals surface area contributed by atoms with E-state index in [2.05, 4.69) is 10.2 Å². The lowest BCUT2D eigenvalue weighted by molar-refractivity contribution is -0.162. The normalized spacial score (nSPS) is 23.6. The van der Waals surface area contributed by atoms with Crippen LogP contribution in [0.1, 0.15) is 36.7 Å². The Kier molecular flexibility index (Phi) is 4.91. The van der Waals surface area contributed by atoms with Crippen LogP contribution in [0.2, 0.25) is 0 Å². The van der Waals surface area contributed by atoms with Gasteiger partial charge in [-0.05, 0) is 30.4 Å². The molecule has 25 heavy (non-hydrogen) atoms. The smallest absolute Gasteiger partial charge is 0.312 e. The first-order valence-corrected chi connectivity index (χ1v) is 9.21. The highest BCUT2D eigenvalue weighted by atomic mass is 32.1. The number of carbonyl (C=O) groups excluding carboxylic acids is 1. The zero-order valence-corrected chi connectivity index (χ0v) is 14.8. The minimum absolute atomic E-state index is 0.0118. The van der Waals surface area contributed by atoms with Crippen molar-refractivity contribution >= 4 is 23.2 Å². The second-order valence-corrected chi connectivity index (χ2v) is 7.19. The molecule has 0 aliphatic carbocycles. The molecule has 0 saturated carbocycles. The number of nitrogens with zero attached hydrogens (tertiary/aromatic N) is 2. The fourth-order valence-electron chi connectivity index (χ4n) is 3.41. The second-order valence-electron chi connectivity index (χ2n) is 6.41. The summed E-state index contributed by atoms with van der Waals surface area (Å²) in [6.45, 7) is 2.21. The van der Waals surface area contributed by atoms with Gasteiger partial charge < -0.3 is 15.1 Å². The van der Waals surface area contributed by atoms with Crippen LogP contribution in [0.4, 0.5) is 0 Å². The standard InChI is InChI=1S/C17H21N3O4S/c1-2-4-17(16(23)24)5-6-20(9-14(17)21)15(22)13-8-12(18-19-13)11-3-7-25-10-11/h3,7-8,10,14,21H,2,4-6,9H2,1H3,(H,18,19)(H,23,24)/t14-,17-/m0/s1. The number of β-amino-alcohol motifs (C(OH)–C–C–N with tert-alkyl or cyclic N) is 1. The fraction of sp³-hybridized carbons (Fsp3) is 0.471. The number of hydrogen-bond acceptors (Lipinski definition) is 5. The van der Waals surface area contributed by atoms with E-state index < -0.39 is 17.5 Å². The number of aromatic nitrogens is 2. The van der Waals surface area contributed by atoms with Crippen molar-refractivity contribution in [1.82, 2.24) is 15.1 Å². The van der Waals surface area contributed by atoms with E-state index in [-0.39, 0.29) is 18.9 Å². The molecule has 7 nitrogen and oxygen atoms in total. The number of likely N-dealkylation sites (tertiary alicyclic amines) is 1. The molecule has 0 aromatic carbocycles. The fourth-order valence-corrected chi connectivity index (χ4v) is 4.06. The summed E-state index contributed by atoms with van der Waals surface area (Å²) in [7, 11) is 0. The molecule has 2 aromatic heterocycles. The number of aliphatic carboxylic acids is 1. The number of amides is 1. The highest BCUT2D eigenvalue weighted by molar-refractivity contribution is 7.08. The maximum atomic E-state index is 12.7. The molecule has 2 atom stereocenters. The number of aliphatic hydroxyl groups excluding tert-OH is 1. The topological polar surface area (TPSA) is 107 Å². The van der Waals surface area contributed by atoms with Crippen molar-refractivity contribution in [3.8, 4) is 11.3 Å². The number of piperidine rings is 1. The van der Waals surface area contributed by atoms with Gasteiger partial charge in [-0.25, -0.2) is 0 Å². The van der Waals surface area contributed by atoms with Gasteiger partial charge in [0.2, 0.25) is 0 Å². The molecule has 1 amide bonds. The highest BCUT2D eigenvalue weighted by Gasteiger charge is 2.48. The monoisotopic (exact) mass is 363 g/mol. The SMILES string of the molecule is CCC[C@]1(C(=O)O)CCN(C(=O)c2cc(-c3ccsc3)n[nH]2)C[C@@H]1O. The van der Waals surface area contributed by atoms with E-state index in [1.807, 2.05) is 23.8 Å². The summed E-state index contributed by atoms with van der Waals surface area (Å²) in [6, 6.07) is 3.60. The number of aromatic amines is 1. The number of carbonyl (C=O) groups is 2. The largest absolute Gasteiger partial charge is 0.481 e. The van der Waals surface area contributed by atoms with Gasteiger partial charge in [0.15, 0.2) is 0 Å². The highest BCUT2D eigenvalue weighted by Crippen LogP contribution is 2.37. The van der Waals surface area contributed by atoms with Crippen LogP contribution >= 0.6 is 11.3 Å². The Bertz CT molecular complexity index is 758. The summed E-state index contributed by atoms with van der Waals surface area (Å²) in [5.41, 5.74) is 0.799. The molecule has 134 valence electrons. The van der Waals surface area contributed by atoms with Crippen molar-refractivity contribution in [2.45, 2.75) is 32.3 Å². The lowest BCUT2D eigenvalue weighted by Crippen LogP contribution is -2.56. The van der Waals surface area contributed by atoms with Gasteiger partial charge in [-0.1, -0.05) is 13.3 Å². The molecule has 3 N–H and O–H groups in total. The van der Waals surface area contributed by atoms with Crippen LogP contribution in [0.5, 0.6) is 0 Å². The molecular formula is C17H21N3O4S. The molecule has 1 aliphatic rings. The first kappa shape index (κ1) is 17.6. The first-order chi connectivity index (χ1) is 12.0. The zero-order chi connectivity index (χ0) is 18.0. The number of aliphatic hydroxyl groups is 1. The number of rotatable bonds is 5. The Hall–Kier alpha value is -2.19. The molecule has 0 radical (unpaired) electrons. The summed E-state index contributed by atoms with van der Waals surface area (Å²) in [6.07, 6.45) is 0.232. The predicted molar refractivity (Wildman–Crippen MR) is 93.4 cm³/mol. The van der Waals surface area contributed by atoms with Crippen LogP contribution in [0.15, 0.2) is 22.9 Å². The van der Waals surface area contributed by atoms with Gasteiger partial charge in [0.25, 0.3) is 5.91 Å². The van der Waals surface area contributed by atoms with Crippen molar-refractivity contribution in [3.63, 3.8) is 0 Å². The summed E-state index contributed by atoms with van der Waals surface area (Å²) < 4.78 is 0. The molecule has 3 heterocycles. The third-order valence-electron chi connectivity index (χ3n) is 4.89. The van der Waals surface area contributed by atoms with Gasteiger partial charge in [0.05, 0.1) is 17.2 Å². The van der Waals surface area contributed by atoms with Crippen LogP contribution in [-0.2, 0) is 4.79 Å². The lowest BCUT2D eigenvalue weighted by Gasteiger charge is -2.42. The number of H-pyrrole nitrogens is 1. The third kappa shape index (κ3) is 3.19. The van der Waals surface area contributed by atoms with Gasteiger partial charge in [-0.3, -0.25) is 14.7 Å². The van der Waals surface area contributed by atoms with E-state index in [9.17, 15) is 19.8 Å². The Labute approximate surface area is 149 Å². The van der Waals surface area contributed by atoms with Crippen molar-refractivity contribution in [2.24, 2.45) is 5.41 Å². The van der Waals surface area contributed by atoms with E-state index in [0.717, 1.165) is 5.56 Å². The zero-order valence-electron chi connectivity index (χ0n) is 13.9. The van der Waals surface area contributed by atoms with Crippen molar-refractivity contribution in [1.29, 1.82) is 0 Å². The van der Waals surface area contributed by atoms with Gasteiger partial charge in [-0.2, -0.15) is 16.4 Å². The summed E-state index contributed by atoms with van der Waals surface area (Å²) >= 11 is 1.55. The van der Waals surface area contributed by atoms with E-state index in [4.69, 9.17) is 0 Å². The summed E-state index contributed by atoms with van der Waals surface area (Å²) in [4.78, 5) is 25.8. The molecule has 1 aliphatic heterocycles. The van der Waals surface area contributed by atoms with Gasteiger partial charge in [0, 0.05) is 24.0 Å². The van der Waals surface area contributed by atoms with Crippen LogP contribution in [0, 0.1) is 5.41 Å². The first-order valence-electron chi connectivity index (χ1n) is 8.26. The van der Waals surface area contributed by atoms with Crippen LogP contribution in [0.3, 0.4) is 0 Å². The van der Waals surface area contributed by atoms with E-state index in [1.165, 1.54) is 4.90 Å². The number of thiophene rings is 1. The molecule has 0 spiro atoms. The van der Waals surface area contributed by atoms with Crippen molar-refractivity contribution in [3.05, 3.63) is 28.6 Å². The molecule has 1 saturated heterocycles. The molecule has 0 unspecified atom stereocenters. The van der Waals surface area contributed by atoms with Crippen LogP contribution in [0.25, 0.3) is 11.3 Å². The number of nitrogens with one attached hydrogen (secondary N) is 1. The average molecular weight is 363 g/mol. The second kappa shape index (κ2) is 6.97. The Morgan fingerprint density at radius 2 is 2.32 bits per heavy atom. The number of hydrogen-bond donors (Lipinski definition) is 3. The maximum Gasteiger partial charge on any atom is 0.312 e. The molecule has 0 bridgehead atoms. The van der Waals surface area contributed by atoms with Gasteiger partial charge in [-0.15, -0.1) is 0 Å². The predicted octanol–water partition coefficient (Wildman–Crippen LogP) is 2.22. The quantitative estimate of drug-likeness (QED) is 0.755. The third-order valence-corrected chi connectivity index (χ3v) is 5.58. The van der Waals surface area contributed by atoms with E-state index >= 15 is 0 Å². The molecular weight excluding hydrogens is 342 g/mol. The summed E-state index contributed by atoms with van der Waals surface area (Å²) in [5, 5.41) is 30.8. The number of carboxylic acid groups (broad SMARTS) is 1. The minimum Gasteiger partial charge on any atom is -0.481 e. The van der Waals surface area contributed by atoms with Gasteiger partial charge in [0.1, 0.15) is 5.69 Å². The molecule has 8 heteroatoms. The lowest BCUT2D eigenvalue weighted by atomic mass is 9.73. The van der Waals surface area contributed by atoms with Gasteiger partial charge >= 0.3 is 5.97 Å².